The van der Waals surface area contributed by atoms with Gasteiger partial charge in [-0.05, 0) is 45.0 Å². The molecule has 0 aliphatic carbocycles. The van der Waals surface area contributed by atoms with Gasteiger partial charge in [0.1, 0.15) is 12.4 Å². The van der Waals surface area contributed by atoms with E-state index in [4.69, 9.17) is 4.74 Å². The molecule has 0 bridgehead atoms. The second kappa shape index (κ2) is 9.14. The number of hydrogen-bond acceptors (Lipinski definition) is 5. The number of hydrogen-bond donors (Lipinski definition) is 1. The summed E-state index contributed by atoms with van der Waals surface area (Å²) in [6, 6.07) is 17.2. The maximum atomic E-state index is 12.9. The highest BCUT2D eigenvalue weighted by molar-refractivity contribution is 7.09. The summed E-state index contributed by atoms with van der Waals surface area (Å²) in [4.78, 5) is 17.3. The molecular formula is C24H24N4O2S. The van der Waals surface area contributed by atoms with Gasteiger partial charge in [-0.3, -0.25) is 4.79 Å². The van der Waals surface area contributed by atoms with E-state index in [0.29, 0.717) is 24.5 Å². The Labute approximate surface area is 185 Å². The van der Waals surface area contributed by atoms with Crippen molar-refractivity contribution in [3.8, 4) is 11.4 Å². The number of amides is 1. The molecule has 4 rings (SSSR count). The van der Waals surface area contributed by atoms with Crippen molar-refractivity contribution in [1.82, 2.24) is 20.1 Å². The minimum Gasteiger partial charge on any atom is -0.486 e. The standard InChI is InChI=1S/C24H24N4O2S/c1-16-22(17(2)28(27-16)20-9-5-4-6-10-20)13-25-24(29)21-11-7-8-12-23(21)30-14-19-15-31-18(3)26-19/h4-12,15H,13-14H2,1-3H3,(H,25,29). The Morgan fingerprint density at radius 1 is 1.06 bits per heavy atom. The third-order valence-electron chi connectivity index (χ3n) is 5.04. The van der Waals surface area contributed by atoms with Crippen LogP contribution in [0.4, 0.5) is 0 Å². The summed E-state index contributed by atoms with van der Waals surface area (Å²) in [5.74, 6) is 0.357. The number of nitrogens with zero attached hydrogens (tertiary/aromatic N) is 3. The molecule has 0 radical (unpaired) electrons. The number of aromatic nitrogens is 3. The van der Waals surface area contributed by atoms with Crippen LogP contribution in [0.15, 0.2) is 60.0 Å². The van der Waals surface area contributed by atoms with Gasteiger partial charge >= 0.3 is 0 Å². The molecular weight excluding hydrogens is 408 g/mol. The Bertz CT molecular complexity index is 1200. The molecule has 0 fully saturated rings. The first kappa shape index (κ1) is 20.8. The SMILES string of the molecule is Cc1nc(COc2ccccc2C(=O)NCc2c(C)nn(-c3ccccc3)c2C)cs1. The van der Waals surface area contributed by atoms with Gasteiger partial charge < -0.3 is 10.1 Å². The highest BCUT2D eigenvalue weighted by Gasteiger charge is 2.16. The quantitative estimate of drug-likeness (QED) is 0.457. The van der Waals surface area contributed by atoms with E-state index in [1.807, 2.05) is 73.3 Å². The number of para-hydroxylation sites is 2. The van der Waals surface area contributed by atoms with Crippen LogP contribution in [0.3, 0.4) is 0 Å². The normalized spacial score (nSPS) is 10.8. The van der Waals surface area contributed by atoms with E-state index >= 15 is 0 Å². The maximum Gasteiger partial charge on any atom is 0.255 e. The molecule has 2 aromatic heterocycles. The molecule has 0 saturated carbocycles. The number of carbonyl (C=O) groups is 1. The van der Waals surface area contributed by atoms with Crippen LogP contribution in [0.1, 0.15) is 38.0 Å². The number of carbonyl (C=O) groups excluding carboxylic acids is 1. The lowest BCUT2D eigenvalue weighted by atomic mass is 10.1. The molecule has 158 valence electrons. The molecule has 1 N–H and O–H groups in total. The minimum absolute atomic E-state index is 0.184. The summed E-state index contributed by atoms with van der Waals surface area (Å²) in [5.41, 5.74) is 5.26. The summed E-state index contributed by atoms with van der Waals surface area (Å²) >= 11 is 1.58. The second-order valence-electron chi connectivity index (χ2n) is 7.22. The van der Waals surface area contributed by atoms with E-state index < -0.39 is 0 Å². The highest BCUT2D eigenvalue weighted by Crippen LogP contribution is 2.21. The lowest BCUT2D eigenvalue weighted by Gasteiger charge is -2.11. The van der Waals surface area contributed by atoms with E-state index in [1.54, 1.807) is 23.5 Å². The van der Waals surface area contributed by atoms with Gasteiger partial charge in [-0.25, -0.2) is 9.67 Å². The average Bonchev–Trinajstić information content (AvgIpc) is 3.33. The summed E-state index contributed by atoms with van der Waals surface area (Å²) in [6.07, 6.45) is 0. The minimum atomic E-state index is -0.184. The summed E-state index contributed by atoms with van der Waals surface area (Å²) in [5, 5.41) is 10.6. The fraction of sp³-hybridized carbons (Fsp3) is 0.208. The van der Waals surface area contributed by atoms with Crippen molar-refractivity contribution in [1.29, 1.82) is 0 Å². The van der Waals surface area contributed by atoms with Crippen molar-refractivity contribution in [3.63, 3.8) is 0 Å². The molecule has 0 atom stereocenters. The van der Waals surface area contributed by atoms with Gasteiger partial charge in [0.05, 0.1) is 27.6 Å². The molecule has 4 aromatic rings. The average molecular weight is 433 g/mol. The summed E-state index contributed by atoms with van der Waals surface area (Å²) in [7, 11) is 0. The van der Waals surface area contributed by atoms with Crippen LogP contribution in [0, 0.1) is 20.8 Å². The number of nitrogens with one attached hydrogen (secondary N) is 1. The van der Waals surface area contributed by atoms with E-state index in [9.17, 15) is 4.79 Å². The molecule has 2 aromatic carbocycles. The van der Waals surface area contributed by atoms with Gasteiger partial charge in [0.25, 0.3) is 5.91 Å². The molecule has 0 saturated heterocycles. The Morgan fingerprint density at radius 2 is 1.81 bits per heavy atom. The van der Waals surface area contributed by atoms with Crippen LogP contribution in [0.5, 0.6) is 5.75 Å². The van der Waals surface area contributed by atoms with Crippen LogP contribution in [0.2, 0.25) is 0 Å². The van der Waals surface area contributed by atoms with Crippen LogP contribution >= 0.6 is 11.3 Å². The zero-order chi connectivity index (χ0) is 21.8. The van der Waals surface area contributed by atoms with Gasteiger partial charge in [0, 0.05) is 23.2 Å². The first-order chi connectivity index (χ1) is 15.0. The fourth-order valence-corrected chi connectivity index (χ4v) is 4.02. The Balaban J connectivity index is 1.47. The monoisotopic (exact) mass is 432 g/mol. The van der Waals surface area contributed by atoms with Gasteiger partial charge in [-0.1, -0.05) is 30.3 Å². The predicted molar refractivity (Wildman–Crippen MR) is 122 cm³/mol. The third kappa shape index (κ3) is 4.67. The Kier molecular flexibility index (Phi) is 6.13. The first-order valence-corrected chi connectivity index (χ1v) is 10.9. The molecule has 0 unspecified atom stereocenters. The number of ether oxygens (including phenoxy) is 1. The highest BCUT2D eigenvalue weighted by atomic mass is 32.1. The predicted octanol–water partition coefficient (Wildman–Crippen LogP) is 4.76. The van der Waals surface area contributed by atoms with Crippen LogP contribution in [0.25, 0.3) is 5.69 Å². The topological polar surface area (TPSA) is 69.0 Å². The second-order valence-corrected chi connectivity index (χ2v) is 8.28. The van der Waals surface area contributed by atoms with Gasteiger partial charge in [-0.2, -0.15) is 5.10 Å². The van der Waals surface area contributed by atoms with E-state index in [1.165, 1.54) is 0 Å². The van der Waals surface area contributed by atoms with Crippen molar-refractivity contribution >= 4 is 17.2 Å². The summed E-state index contributed by atoms with van der Waals surface area (Å²) in [6.45, 7) is 6.65. The molecule has 31 heavy (non-hydrogen) atoms. The molecule has 6 nitrogen and oxygen atoms in total. The maximum absolute atomic E-state index is 12.9. The number of aryl methyl sites for hydroxylation is 2. The number of thiazole rings is 1. The van der Waals surface area contributed by atoms with Crippen molar-refractivity contribution in [2.45, 2.75) is 33.9 Å². The van der Waals surface area contributed by atoms with Crippen molar-refractivity contribution < 1.29 is 9.53 Å². The zero-order valence-corrected chi connectivity index (χ0v) is 18.6. The lowest BCUT2D eigenvalue weighted by molar-refractivity contribution is 0.0946. The van der Waals surface area contributed by atoms with E-state index in [0.717, 1.165) is 33.3 Å². The summed E-state index contributed by atoms with van der Waals surface area (Å²) < 4.78 is 7.79. The van der Waals surface area contributed by atoms with Crippen molar-refractivity contribution in [2.75, 3.05) is 0 Å². The zero-order valence-electron chi connectivity index (χ0n) is 17.8. The molecule has 0 spiro atoms. The molecule has 7 heteroatoms. The van der Waals surface area contributed by atoms with E-state index in [-0.39, 0.29) is 5.91 Å². The lowest BCUT2D eigenvalue weighted by Crippen LogP contribution is -2.24. The molecule has 1 amide bonds. The van der Waals surface area contributed by atoms with Crippen molar-refractivity contribution in [3.05, 3.63) is 93.2 Å². The smallest absolute Gasteiger partial charge is 0.255 e. The third-order valence-corrected chi connectivity index (χ3v) is 5.86. The van der Waals surface area contributed by atoms with Crippen LogP contribution in [-0.2, 0) is 13.2 Å². The largest absolute Gasteiger partial charge is 0.486 e. The van der Waals surface area contributed by atoms with Crippen LogP contribution < -0.4 is 10.1 Å². The van der Waals surface area contributed by atoms with Crippen molar-refractivity contribution in [2.24, 2.45) is 0 Å². The molecule has 0 aliphatic rings. The molecule has 2 heterocycles. The molecule has 0 aliphatic heterocycles. The van der Waals surface area contributed by atoms with Gasteiger partial charge in [0.15, 0.2) is 0 Å². The fourth-order valence-electron chi connectivity index (χ4n) is 3.42. The first-order valence-electron chi connectivity index (χ1n) is 10.0. The number of rotatable bonds is 7. The van der Waals surface area contributed by atoms with E-state index in [2.05, 4.69) is 15.4 Å². The Hall–Kier alpha value is -3.45. The van der Waals surface area contributed by atoms with Crippen LogP contribution in [-0.4, -0.2) is 20.7 Å². The van der Waals surface area contributed by atoms with Gasteiger partial charge in [-0.15, -0.1) is 11.3 Å². The number of benzene rings is 2. The Morgan fingerprint density at radius 3 is 2.55 bits per heavy atom. The van der Waals surface area contributed by atoms with Gasteiger partial charge in [0.2, 0.25) is 0 Å².